The van der Waals surface area contributed by atoms with E-state index in [0.717, 1.165) is 10.5 Å². The van der Waals surface area contributed by atoms with Crippen LogP contribution in [0.2, 0.25) is 5.02 Å². The zero-order valence-corrected chi connectivity index (χ0v) is 11.4. The number of anilines is 1. The highest BCUT2D eigenvalue weighted by molar-refractivity contribution is 7.98. The molecule has 0 saturated heterocycles. The normalized spacial score (nSPS) is 10.4. The summed E-state index contributed by atoms with van der Waals surface area (Å²) in [5.41, 5.74) is 7.45. The second kappa shape index (κ2) is 5.95. The van der Waals surface area contributed by atoms with Gasteiger partial charge < -0.3 is 5.73 Å². The lowest BCUT2D eigenvalue weighted by atomic mass is 10.2. The van der Waals surface area contributed by atoms with Crippen LogP contribution in [-0.4, -0.2) is 4.92 Å². The van der Waals surface area contributed by atoms with Crippen molar-refractivity contribution in [2.45, 2.75) is 10.6 Å². The summed E-state index contributed by atoms with van der Waals surface area (Å²) in [4.78, 5) is 11.2. The quantitative estimate of drug-likeness (QED) is 0.398. The summed E-state index contributed by atoms with van der Waals surface area (Å²) < 4.78 is 0. The van der Waals surface area contributed by atoms with Gasteiger partial charge in [0.2, 0.25) is 0 Å². The van der Waals surface area contributed by atoms with E-state index in [4.69, 9.17) is 17.3 Å². The molecular weight excluding hydrogens is 284 g/mol. The van der Waals surface area contributed by atoms with Gasteiger partial charge in [0.15, 0.2) is 0 Å². The van der Waals surface area contributed by atoms with Crippen molar-refractivity contribution in [2.75, 3.05) is 5.73 Å². The molecule has 0 saturated carbocycles. The minimum atomic E-state index is -0.398. The van der Waals surface area contributed by atoms with E-state index in [1.165, 1.54) is 17.8 Å². The van der Waals surface area contributed by atoms with Gasteiger partial charge in [0, 0.05) is 33.5 Å². The van der Waals surface area contributed by atoms with Gasteiger partial charge in [0.25, 0.3) is 5.69 Å². The molecule has 0 heterocycles. The van der Waals surface area contributed by atoms with Gasteiger partial charge in [-0.3, -0.25) is 10.1 Å². The monoisotopic (exact) mass is 294 g/mol. The van der Waals surface area contributed by atoms with Crippen molar-refractivity contribution in [2.24, 2.45) is 0 Å². The second-order valence-corrected chi connectivity index (χ2v) is 5.35. The number of nitrogen functional groups attached to an aromatic ring is 1. The van der Waals surface area contributed by atoms with Gasteiger partial charge in [-0.2, -0.15) is 0 Å². The van der Waals surface area contributed by atoms with Gasteiger partial charge in [-0.05, 0) is 23.8 Å². The number of benzene rings is 2. The van der Waals surface area contributed by atoms with E-state index in [2.05, 4.69) is 0 Å². The Hall–Kier alpha value is -1.72. The van der Waals surface area contributed by atoms with Crippen LogP contribution in [0.5, 0.6) is 0 Å². The number of nitro benzene ring substituents is 1. The van der Waals surface area contributed by atoms with E-state index in [0.29, 0.717) is 16.5 Å². The maximum Gasteiger partial charge on any atom is 0.269 e. The largest absolute Gasteiger partial charge is 0.398 e. The van der Waals surface area contributed by atoms with E-state index < -0.39 is 4.92 Å². The average Bonchev–Trinajstić information content (AvgIpc) is 2.38. The van der Waals surface area contributed by atoms with Crippen molar-refractivity contribution < 1.29 is 4.92 Å². The van der Waals surface area contributed by atoms with Crippen LogP contribution >= 0.6 is 23.4 Å². The molecule has 19 heavy (non-hydrogen) atoms. The number of halogens is 1. The van der Waals surface area contributed by atoms with E-state index in [-0.39, 0.29) is 5.69 Å². The number of hydrogen-bond acceptors (Lipinski definition) is 4. The highest BCUT2D eigenvalue weighted by Gasteiger charge is 2.07. The van der Waals surface area contributed by atoms with Gasteiger partial charge in [0.1, 0.15) is 0 Å². The van der Waals surface area contributed by atoms with Crippen LogP contribution in [0.4, 0.5) is 11.4 Å². The molecule has 98 valence electrons. The maximum atomic E-state index is 10.7. The lowest BCUT2D eigenvalue weighted by molar-refractivity contribution is -0.384. The molecule has 0 aliphatic carbocycles. The Morgan fingerprint density at radius 1 is 1.26 bits per heavy atom. The predicted octanol–water partition coefficient (Wildman–Crippen LogP) is 4.12. The lowest BCUT2D eigenvalue weighted by Gasteiger charge is -2.05. The highest BCUT2D eigenvalue weighted by Crippen LogP contribution is 2.30. The molecule has 0 unspecified atom stereocenters. The van der Waals surface area contributed by atoms with Gasteiger partial charge in [-0.1, -0.05) is 23.7 Å². The SMILES string of the molecule is Nc1cc(Cl)ccc1SCc1cccc([N+](=O)[O-])c1. The summed E-state index contributed by atoms with van der Waals surface area (Å²) in [7, 11) is 0. The molecule has 0 bridgehead atoms. The number of thioether (sulfide) groups is 1. The Balaban J connectivity index is 2.10. The first-order valence-electron chi connectivity index (χ1n) is 5.47. The molecule has 0 aliphatic rings. The highest BCUT2D eigenvalue weighted by atomic mass is 35.5. The number of nitrogens with zero attached hydrogens (tertiary/aromatic N) is 1. The van der Waals surface area contributed by atoms with Crippen LogP contribution < -0.4 is 5.73 Å². The smallest absolute Gasteiger partial charge is 0.269 e. The summed E-state index contributed by atoms with van der Waals surface area (Å²) >= 11 is 7.35. The summed E-state index contributed by atoms with van der Waals surface area (Å²) in [5.74, 6) is 0.619. The molecule has 0 spiro atoms. The number of nitrogens with two attached hydrogens (primary N) is 1. The van der Waals surface area contributed by atoms with Gasteiger partial charge in [0.05, 0.1) is 4.92 Å². The fourth-order valence-corrected chi connectivity index (χ4v) is 2.64. The van der Waals surface area contributed by atoms with Crippen molar-refractivity contribution in [1.29, 1.82) is 0 Å². The van der Waals surface area contributed by atoms with Crippen LogP contribution in [0, 0.1) is 10.1 Å². The third-order valence-corrected chi connectivity index (χ3v) is 3.88. The Bertz CT molecular complexity index is 619. The fraction of sp³-hybridized carbons (Fsp3) is 0.0769. The summed E-state index contributed by atoms with van der Waals surface area (Å²) in [6, 6.07) is 11.9. The molecule has 0 atom stereocenters. The molecule has 2 N–H and O–H groups in total. The average molecular weight is 295 g/mol. The molecule has 0 fully saturated rings. The van der Waals surface area contributed by atoms with Gasteiger partial charge in [-0.15, -0.1) is 11.8 Å². The molecule has 0 aromatic heterocycles. The fourth-order valence-electron chi connectivity index (χ4n) is 1.57. The summed E-state index contributed by atoms with van der Waals surface area (Å²) in [5, 5.41) is 11.3. The lowest BCUT2D eigenvalue weighted by Crippen LogP contribution is -1.91. The molecule has 2 aromatic carbocycles. The van der Waals surface area contributed by atoms with Crippen LogP contribution in [0.15, 0.2) is 47.4 Å². The van der Waals surface area contributed by atoms with Crippen LogP contribution in [0.25, 0.3) is 0 Å². The zero-order chi connectivity index (χ0) is 13.8. The van der Waals surface area contributed by atoms with Crippen molar-refractivity contribution in [3.63, 3.8) is 0 Å². The molecule has 4 nitrogen and oxygen atoms in total. The Kier molecular flexibility index (Phi) is 4.29. The van der Waals surface area contributed by atoms with Crippen molar-refractivity contribution in [3.05, 3.63) is 63.2 Å². The molecule has 2 rings (SSSR count). The van der Waals surface area contributed by atoms with Crippen LogP contribution in [-0.2, 0) is 5.75 Å². The topological polar surface area (TPSA) is 69.2 Å². The summed E-state index contributed by atoms with van der Waals surface area (Å²) in [6.07, 6.45) is 0. The van der Waals surface area contributed by atoms with E-state index in [1.54, 1.807) is 24.3 Å². The number of hydrogen-bond donors (Lipinski definition) is 1. The second-order valence-electron chi connectivity index (χ2n) is 3.90. The van der Waals surface area contributed by atoms with E-state index in [1.807, 2.05) is 12.1 Å². The molecule has 0 radical (unpaired) electrons. The molecule has 0 amide bonds. The van der Waals surface area contributed by atoms with Crippen molar-refractivity contribution in [3.8, 4) is 0 Å². The maximum absolute atomic E-state index is 10.7. The van der Waals surface area contributed by atoms with Crippen LogP contribution in [0.1, 0.15) is 5.56 Å². The predicted molar refractivity (Wildman–Crippen MR) is 78.5 cm³/mol. The number of nitro groups is 1. The standard InChI is InChI=1S/C13H11ClN2O2S/c14-10-4-5-13(12(15)7-10)19-8-9-2-1-3-11(6-9)16(17)18/h1-7H,8,15H2. The van der Waals surface area contributed by atoms with Crippen LogP contribution in [0.3, 0.4) is 0 Å². The summed E-state index contributed by atoms with van der Waals surface area (Å²) in [6.45, 7) is 0. The molecule has 2 aromatic rings. The third kappa shape index (κ3) is 3.62. The zero-order valence-electron chi connectivity index (χ0n) is 9.88. The van der Waals surface area contributed by atoms with Gasteiger partial charge in [-0.25, -0.2) is 0 Å². The Morgan fingerprint density at radius 3 is 2.74 bits per heavy atom. The number of non-ortho nitro benzene ring substituents is 1. The minimum Gasteiger partial charge on any atom is -0.398 e. The number of rotatable bonds is 4. The van der Waals surface area contributed by atoms with E-state index in [9.17, 15) is 10.1 Å². The van der Waals surface area contributed by atoms with Crippen molar-refractivity contribution in [1.82, 2.24) is 0 Å². The first-order chi connectivity index (χ1) is 9.06. The molecular formula is C13H11ClN2O2S. The Labute approximate surface area is 119 Å². The third-order valence-electron chi connectivity index (χ3n) is 2.49. The first kappa shape index (κ1) is 13.7. The Morgan fingerprint density at radius 2 is 2.05 bits per heavy atom. The molecule has 6 heteroatoms. The molecule has 0 aliphatic heterocycles. The van der Waals surface area contributed by atoms with E-state index >= 15 is 0 Å². The minimum absolute atomic E-state index is 0.0992. The van der Waals surface area contributed by atoms with Gasteiger partial charge >= 0.3 is 0 Å². The van der Waals surface area contributed by atoms with Crippen molar-refractivity contribution >= 4 is 34.7 Å². The first-order valence-corrected chi connectivity index (χ1v) is 6.84.